The molecule has 1 aromatic rings. The molecule has 0 amide bonds. The maximum Gasteiger partial charge on any atom is 0.129 e. The Morgan fingerprint density at radius 1 is 1.33 bits per heavy atom. The fourth-order valence-electron chi connectivity index (χ4n) is 1.98. The molecule has 0 bridgehead atoms. The van der Waals surface area contributed by atoms with Crippen molar-refractivity contribution >= 4 is 36.4 Å². The number of hydrogen-bond donors (Lipinski definition) is 1. The predicted octanol–water partition coefficient (Wildman–Crippen LogP) is 2.49. The maximum atomic E-state index is 13.1. The van der Waals surface area contributed by atoms with Crippen molar-refractivity contribution in [2.45, 2.75) is 6.04 Å². The van der Waals surface area contributed by atoms with Crippen molar-refractivity contribution in [3.05, 3.63) is 29.0 Å². The van der Waals surface area contributed by atoms with Gasteiger partial charge in [-0.1, -0.05) is 17.7 Å². The lowest BCUT2D eigenvalue weighted by atomic mass is 10.1. The molecule has 7 heteroatoms. The number of aromatic nitrogens is 1. The second-order valence-electron chi connectivity index (χ2n) is 3.87. The number of hydrogen-bond acceptors (Lipinski definition) is 3. The van der Waals surface area contributed by atoms with Crippen molar-refractivity contribution in [2.24, 2.45) is 0 Å². The molecule has 2 rings (SSSR count). The highest BCUT2D eigenvalue weighted by Gasteiger charge is 2.22. The molecule has 1 aliphatic heterocycles. The Morgan fingerprint density at radius 2 is 2.00 bits per heavy atom. The van der Waals surface area contributed by atoms with Gasteiger partial charge in [0.25, 0.3) is 0 Å². The standard InChI is InChI=1S/C11H15ClFN3.2ClH/c12-11-2-1-9(8-15-11)10(7-13)16-5-3-14-4-6-16;;/h1-2,8,10,14H,3-7H2;2*1H/t10-;;/m0../s1. The molecule has 1 fully saturated rings. The first-order chi connectivity index (χ1) is 7.81. The molecule has 2 heterocycles. The van der Waals surface area contributed by atoms with E-state index in [-0.39, 0.29) is 37.5 Å². The minimum atomic E-state index is -0.386. The number of piperazine rings is 1. The van der Waals surface area contributed by atoms with Gasteiger partial charge in [-0.05, 0) is 11.6 Å². The normalized spacial score (nSPS) is 17.4. The molecule has 104 valence electrons. The third-order valence-corrected chi connectivity index (χ3v) is 3.10. The average Bonchev–Trinajstić information content (AvgIpc) is 2.34. The number of nitrogens with one attached hydrogen (secondary N) is 1. The molecule has 1 aliphatic rings. The molecule has 18 heavy (non-hydrogen) atoms. The molecule has 1 aromatic heterocycles. The largest absolute Gasteiger partial charge is 0.314 e. The van der Waals surface area contributed by atoms with E-state index in [0.717, 1.165) is 31.7 Å². The van der Waals surface area contributed by atoms with Crippen LogP contribution in [0.1, 0.15) is 11.6 Å². The van der Waals surface area contributed by atoms with Gasteiger partial charge in [-0.3, -0.25) is 4.90 Å². The van der Waals surface area contributed by atoms with Gasteiger partial charge in [0.2, 0.25) is 0 Å². The molecule has 0 aromatic carbocycles. The molecule has 3 nitrogen and oxygen atoms in total. The van der Waals surface area contributed by atoms with Crippen LogP contribution in [-0.4, -0.2) is 42.7 Å². The zero-order chi connectivity index (χ0) is 11.4. The molecule has 0 radical (unpaired) electrons. The van der Waals surface area contributed by atoms with Crippen LogP contribution in [0.2, 0.25) is 5.15 Å². The van der Waals surface area contributed by atoms with Crippen molar-refractivity contribution in [3.63, 3.8) is 0 Å². The zero-order valence-corrected chi connectivity index (χ0v) is 12.2. The Bertz CT molecular complexity index is 331. The summed E-state index contributed by atoms with van der Waals surface area (Å²) in [5.41, 5.74) is 0.897. The molecule has 0 spiro atoms. The number of rotatable bonds is 3. The first-order valence-electron chi connectivity index (χ1n) is 5.43. The SMILES string of the molecule is Cl.Cl.FC[C@@H](c1ccc(Cl)nc1)N1CCNCC1. The summed E-state index contributed by atoms with van der Waals surface area (Å²) in [6.45, 7) is 3.19. The van der Waals surface area contributed by atoms with Crippen molar-refractivity contribution in [3.8, 4) is 0 Å². The van der Waals surface area contributed by atoms with Crippen LogP contribution in [0.3, 0.4) is 0 Å². The molecule has 0 saturated carbocycles. The van der Waals surface area contributed by atoms with Gasteiger partial charge in [0.05, 0.1) is 6.04 Å². The Morgan fingerprint density at radius 3 is 2.50 bits per heavy atom. The van der Waals surface area contributed by atoms with Gasteiger partial charge >= 0.3 is 0 Å². The molecule has 0 aliphatic carbocycles. The highest BCUT2D eigenvalue weighted by atomic mass is 35.5. The number of halogens is 4. The lowest BCUT2D eigenvalue weighted by Crippen LogP contribution is -2.45. The van der Waals surface area contributed by atoms with Crippen LogP contribution in [-0.2, 0) is 0 Å². The van der Waals surface area contributed by atoms with Crippen molar-refractivity contribution in [1.29, 1.82) is 0 Å². The van der Waals surface area contributed by atoms with Crippen LogP contribution in [0.25, 0.3) is 0 Å². The van der Waals surface area contributed by atoms with Crippen molar-refractivity contribution < 1.29 is 4.39 Å². The minimum Gasteiger partial charge on any atom is -0.314 e. The van der Waals surface area contributed by atoms with Gasteiger partial charge in [-0.15, -0.1) is 24.8 Å². The number of pyridine rings is 1. The lowest BCUT2D eigenvalue weighted by Gasteiger charge is -2.33. The average molecular weight is 317 g/mol. The van der Waals surface area contributed by atoms with E-state index in [1.54, 1.807) is 12.3 Å². The van der Waals surface area contributed by atoms with E-state index in [2.05, 4.69) is 15.2 Å². The second kappa shape index (κ2) is 8.88. The summed E-state index contributed by atoms with van der Waals surface area (Å²) in [5, 5.41) is 3.70. The highest BCUT2D eigenvalue weighted by molar-refractivity contribution is 6.29. The summed E-state index contributed by atoms with van der Waals surface area (Å²) in [6.07, 6.45) is 1.66. The fourth-order valence-corrected chi connectivity index (χ4v) is 2.09. The van der Waals surface area contributed by atoms with Gasteiger partial charge in [0.1, 0.15) is 11.8 Å². The Hall–Kier alpha value is -0.130. The smallest absolute Gasteiger partial charge is 0.129 e. The van der Waals surface area contributed by atoms with Crippen LogP contribution in [0, 0.1) is 0 Å². The van der Waals surface area contributed by atoms with E-state index in [1.165, 1.54) is 0 Å². The van der Waals surface area contributed by atoms with Crippen LogP contribution in [0.5, 0.6) is 0 Å². The molecule has 1 saturated heterocycles. The fraction of sp³-hybridized carbons (Fsp3) is 0.545. The van der Waals surface area contributed by atoms with Gasteiger partial charge in [0, 0.05) is 32.4 Å². The Labute approximate surface area is 124 Å². The lowest BCUT2D eigenvalue weighted by molar-refractivity contribution is 0.147. The van der Waals surface area contributed by atoms with Crippen LogP contribution < -0.4 is 5.32 Å². The van der Waals surface area contributed by atoms with Crippen LogP contribution in [0.15, 0.2) is 18.3 Å². The molecule has 1 N–H and O–H groups in total. The topological polar surface area (TPSA) is 28.2 Å². The second-order valence-corrected chi connectivity index (χ2v) is 4.26. The van der Waals surface area contributed by atoms with E-state index in [4.69, 9.17) is 11.6 Å². The van der Waals surface area contributed by atoms with E-state index in [0.29, 0.717) is 5.15 Å². The Kier molecular flexibility index (Phi) is 8.82. The van der Waals surface area contributed by atoms with Gasteiger partial charge in [-0.2, -0.15) is 0 Å². The Balaban J connectivity index is 0.00000144. The zero-order valence-electron chi connectivity index (χ0n) is 9.81. The molecule has 1 atom stereocenters. The predicted molar refractivity (Wildman–Crippen MR) is 76.9 cm³/mol. The van der Waals surface area contributed by atoms with E-state index >= 15 is 0 Å². The highest BCUT2D eigenvalue weighted by Crippen LogP contribution is 2.21. The summed E-state index contributed by atoms with van der Waals surface area (Å²) in [7, 11) is 0. The number of nitrogens with zero attached hydrogens (tertiary/aromatic N) is 2. The quantitative estimate of drug-likeness (QED) is 0.869. The molecular formula is C11H17Cl3FN3. The van der Waals surface area contributed by atoms with Crippen LogP contribution >= 0.6 is 36.4 Å². The van der Waals surface area contributed by atoms with E-state index < -0.39 is 0 Å². The van der Waals surface area contributed by atoms with E-state index in [1.807, 2.05) is 6.07 Å². The minimum absolute atomic E-state index is 0. The first-order valence-corrected chi connectivity index (χ1v) is 5.81. The first kappa shape index (κ1) is 17.9. The van der Waals surface area contributed by atoms with Crippen molar-refractivity contribution in [1.82, 2.24) is 15.2 Å². The summed E-state index contributed by atoms with van der Waals surface area (Å²) in [4.78, 5) is 6.14. The van der Waals surface area contributed by atoms with Gasteiger partial charge in [0.15, 0.2) is 0 Å². The molecular weight excluding hydrogens is 299 g/mol. The molecule has 0 unspecified atom stereocenters. The summed E-state index contributed by atoms with van der Waals surface area (Å²) in [5.74, 6) is 0. The van der Waals surface area contributed by atoms with Crippen molar-refractivity contribution in [2.75, 3.05) is 32.9 Å². The van der Waals surface area contributed by atoms with Gasteiger partial charge in [-0.25, -0.2) is 9.37 Å². The number of alkyl halides is 1. The van der Waals surface area contributed by atoms with Gasteiger partial charge < -0.3 is 5.32 Å². The van der Waals surface area contributed by atoms with E-state index in [9.17, 15) is 4.39 Å². The summed E-state index contributed by atoms with van der Waals surface area (Å²) < 4.78 is 13.1. The third-order valence-electron chi connectivity index (χ3n) is 2.87. The monoisotopic (exact) mass is 315 g/mol. The summed E-state index contributed by atoms with van der Waals surface area (Å²) >= 11 is 5.72. The third kappa shape index (κ3) is 4.52. The van der Waals surface area contributed by atoms with Crippen LogP contribution in [0.4, 0.5) is 4.39 Å². The maximum absolute atomic E-state index is 13.1. The summed E-state index contributed by atoms with van der Waals surface area (Å²) in [6, 6.07) is 3.37.